The number of anilines is 1. The van der Waals surface area contributed by atoms with Gasteiger partial charge in [-0.25, -0.2) is 9.53 Å². The molecule has 0 amide bonds. The van der Waals surface area contributed by atoms with Crippen molar-refractivity contribution >= 4 is 16.6 Å². The van der Waals surface area contributed by atoms with Gasteiger partial charge in [-0.2, -0.15) is 0 Å². The van der Waals surface area contributed by atoms with Crippen molar-refractivity contribution in [3.05, 3.63) is 28.6 Å². The first-order valence-corrected chi connectivity index (χ1v) is 4.12. The number of nitrogens with two attached hydrogens (primary N) is 1. The van der Waals surface area contributed by atoms with Crippen molar-refractivity contribution in [2.24, 2.45) is 0 Å². The fourth-order valence-corrected chi connectivity index (χ4v) is 1.42. The monoisotopic (exact) mass is 178 g/mol. The molecule has 0 aliphatic rings. The second-order valence-corrected chi connectivity index (χ2v) is 2.82. The number of fused-ring (bicyclic) bond motifs is 1. The molecule has 68 valence electrons. The molecule has 0 bridgehead atoms. The average Bonchev–Trinajstić information content (AvgIpc) is 2.45. The highest BCUT2D eigenvalue weighted by molar-refractivity contribution is 5.88. The van der Waals surface area contributed by atoms with Gasteiger partial charge in [0.15, 0.2) is 0 Å². The predicted octanol–water partition coefficient (Wildman–Crippen LogP) is 1.20. The second-order valence-electron chi connectivity index (χ2n) is 2.82. The van der Waals surface area contributed by atoms with Crippen LogP contribution in [0.1, 0.15) is 6.92 Å². The maximum atomic E-state index is 11.3. The Labute approximate surface area is 74.5 Å². The molecule has 4 heteroatoms. The third-order valence-electron chi connectivity index (χ3n) is 2.02. The standard InChI is InChI=1S/C9H10N2O2/c1-2-11-8-6(9(12)13-11)4-3-5-7(8)10/h3-5H,2,10H2,1H3. The molecule has 0 saturated carbocycles. The highest BCUT2D eigenvalue weighted by Crippen LogP contribution is 2.18. The van der Waals surface area contributed by atoms with Crippen LogP contribution in [-0.2, 0) is 6.54 Å². The molecule has 2 aromatic rings. The minimum absolute atomic E-state index is 0.329. The van der Waals surface area contributed by atoms with E-state index >= 15 is 0 Å². The van der Waals surface area contributed by atoms with Gasteiger partial charge in [0.25, 0.3) is 0 Å². The van der Waals surface area contributed by atoms with Gasteiger partial charge in [-0.3, -0.25) is 0 Å². The molecule has 0 aliphatic carbocycles. The first-order chi connectivity index (χ1) is 6.24. The number of aromatic nitrogens is 1. The third kappa shape index (κ3) is 1.02. The summed E-state index contributed by atoms with van der Waals surface area (Å²) in [4.78, 5) is 11.3. The lowest BCUT2D eigenvalue weighted by Gasteiger charge is -1.98. The van der Waals surface area contributed by atoms with Gasteiger partial charge in [-0.15, -0.1) is 0 Å². The molecule has 1 heterocycles. The number of nitrogens with zero attached hydrogens (tertiary/aromatic N) is 1. The van der Waals surface area contributed by atoms with Gasteiger partial charge >= 0.3 is 5.63 Å². The number of rotatable bonds is 1. The van der Waals surface area contributed by atoms with E-state index in [0.717, 1.165) is 0 Å². The number of hydrogen-bond donors (Lipinski definition) is 1. The summed E-state index contributed by atoms with van der Waals surface area (Å²) in [5.74, 6) is 0. The Hall–Kier alpha value is -1.71. The Morgan fingerprint density at radius 2 is 2.31 bits per heavy atom. The first-order valence-electron chi connectivity index (χ1n) is 4.12. The summed E-state index contributed by atoms with van der Waals surface area (Å²) in [7, 11) is 0. The van der Waals surface area contributed by atoms with Crippen molar-refractivity contribution in [3.8, 4) is 0 Å². The molecule has 4 nitrogen and oxygen atoms in total. The molecule has 0 fully saturated rings. The minimum Gasteiger partial charge on any atom is -0.397 e. The zero-order valence-corrected chi connectivity index (χ0v) is 7.28. The van der Waals surface area contributed by atoms with Gasteiger partial charge < -0.3 is 10.3 Å². The van der Waals surface area contributed by atoms with Crippen molar-refractivity contribution < 1.29 is 4.52 Å². The summed E-state index contributed by atoms with van der Waals surface area (Å²) in [6.45, 7) is 2.50. The quantitative estimate of drug-likeness (QED) is 0.667. The molecular formula is C9H10N2O2. The van der Waals surface area contributed by atoms with Crippen LogP contribution in [0, 0.1) is 0 Å². The van der Waals surface area contributed by atoms with Crippen molar-refractivity contribution in [2.45, 2.75) is 13.5 Å². The molecule has 13 heavy (non-hydrogen) atoms. The van der Waals surface area contributed by atoms with E-state index < -0.39 is 0 Å². The zero-order valence-electron chi connectivity index (χ0n) is 7.28. The summed E-state index contributed by atoms with van der Waals surface area (Å²) >= 11 is 0. The van der Waals surface area contributed by atoms with Crippen LogP contribution in [0.2, 0.25) is 0 Å². The Morgan fingerprint density at radius 3 is 3.00 bits per heavy atom. The molecule has 0 aliphatic heterocycles. The van der Waals surface area contributed by atoms with Crippen LogP contribution in [-0.4, -0.2) is 4.74 Å². The van der Waals surface area contributed by atoms with Gasteiger partial charge in [0.2, 0.25) is 0 Å². The lowest BCUT2D eigenvalue weighted by molar-refractivity contribution is 0.270. The first kappa shape index (κ1) is 7.91. The molecule has 0 atom stereocenters. The number of para-hydroxylation sites is 1. The van der Waals surface area contributed by atoms with Crippen LogP contribution in [0.3, 0.4) is 0 Å². The van der Waals surface area contributed by atoms with Gasteiger partial charge in [0.05, 0.1) is 17.6 Å². The van der Waals surface area contributed by atoms with Gasteiger partial charge in [-0.1, -0.05) is 6.07 Å². The lowest BCUT2D eigenvalue weighted by atomic mass is 10.2. The van der Waals surface area contributed by atoms with Gasteiger partial charge in [-0.05, 0) is 19.1 Å². The lowest BCUT2D eigenvalue weighted by Crippen LogP contribution is -1.95. The third-order valence-corrected chi connectivity index (χ3v) is 2.02. The Kier molecular flexibility index (Phi) is 1.62. The van der Waals surface area contributed by atoms with E-state index in [2.05, 4.69) is 0 Å². The fraction of sp³-hybridized carbons (Fsp3) is 0.222. The fourth-order valence-electron chi connectivity index (χ4n) is 1.42. The van der Waals surface area contributed by atoms with E-state index in [-0.39, 0.29) is 5.63 Å². The van der Waals surface area contributed by atoms with E-state index in [1.807, 2.05) is 6.92 Å². The maximum absolute atomic E-state index is 11.3. The van der Waals surface area contributed by atoms with E-state index in [4.69, 9.17) is 10.3 Å². The molecule has 1 aromatic heterocycles. The van der Waals surface area contributed by atoms with Crippen LogP contribution in [0.25, 0.3) is 10.9 Å². The molecule has 0 unspecified atom stereocenters. The van der Waals surface area contributed by atoms with Crippen molar-refractivity contribution in [3.63, 3.8) is 0 Å². The molecule has 0 spiro atoms. The summed E-state index contributed by atoms with van der Waals surface area (Å²) in [5, 5.41) is 0.543. The van der Waals surface area contributed by atoms with E-state index in [1.54, 1.807) is 18.2 Å². The predicted molar refractivity (Wildman–Crippen MR) is 50.6 cm³/mol. The number of benzene rings is 1. The highest BCUT2D eigenvalue weighted by Gasteiger charge is 2.09. The molecule has 0 saturated heterocycles. The molecule has 0 radical (unpaired) electrons. The average molecular weight is 178 g/mol. The van der Waals surface area contributed by atoms with E-state index in [9.17, 15) is 4.79 Å². The van der Waals surface area contributed by atoms with Gasteiger partial charge in [0.1, 0.15) is 5.52 Å². The van der Waals surface area contributed by atoms with Gasteiger partial charge in [0, 0.05) is 0 Å². The largest absolute Gasteiger partial charge is 0.397 e. The Morgan fingerprint density at radius 1 is 1.54 bits per heavy atom. The van der Waals surface area contributed by atoms with Crippen LogP contribution >= 0.6 is 0 Å². The van der Waals surface area contributed by atoms with E-state index in [0.29, 0.717) is 23.1 Å². The Balaban J connectivity index is 2.97. The highest BCUT2D eigenvalue weighted by atomic mass is 16.5. The summed E-state index contributed by atoms with van der Waals surface area (Å²) < 4.78 is 6.48. The minimum atomic E-state index is -0.329. The van der Waals surface area contributed by atoms with Crippen molar-refractivity contribution in [1.29, 1.82) is 0 Å². The topological polar surface area (TPSA) is 61.2 Å². The maximum Gasteiger partial charge on any atom is 0.365 e. The van der Waals surface area contributed by atoms with Crippen LogP contribution in [0.5, 0.6) is 0 Å². The van der Waals surface area contributed by atoms with Crippen molar-refractivity contribution in [2.75, 3.05) is 5.73 Å². The number of hydrogen-bond acceptors (Lipinski definition) is 3. The normalized spacial score (nSPS) is 10.8. The number of aryl methyl sites for hydroxylation is 1. The molecular weight excluding hydrogens is 168 g/mol. The summed E-state index contributed by atoms with van der Waals surface area (Å²) in [6, 6.07) is 5.21. The van der Waals surface area contributed by atoms with Crippen LogP contribution in [0.4, 0.5) is 5.69 Å². The molecule has 2 N–H and O–H groups in total. The van der Waals surface area contributed by atoms with Crippen LogP contribution in [0.15, 0.2) is 27.5 Å². The number of nitrogen functional groups attached to an aromatic ring is 1. The smallest absolute Gasteiger partial charge is 0.365 e. The second kappa shape index (κ2) is 2.65. The summed E-state index contributed by atoms with van der Waals surface area (Å²) in [5.41, 5.74) is 6.66. The van der Waals surface area contributed by atoms with Crippen molar-refractivity contribution in [1.82, 2.24) is 4.74 Å². The zero-order chi connectivity index (χ0) is 9.42. The summed E-state index contributed by atoms with van der Waals surface area (Å²) in [6.07, 6.45) is 0. The SMILES string of the molecule is CCn1oc(=O)c2cccc(N)c21. The Bertz CT molecular complexity index is 496. The van der Waals surface area contributed by atoms with Crippen LogP contribution < -0.4 is 11.4 Å². The van der Waals surface area contributed by atoms with E-state index in [1.165, 1.54) is 4.74 Å². The molecule has 2 rings (SSSR count). The molecule has 1 aromatic carbocycles.